The van der Waals surface area contributed by atoms with Crippen molar-refractivity contribution in [3.63, 3.8) is 0 Å². The zero-order valence-electron chi connectivity index (χ0n) is 41.9. The molecular weight excluding hydrogens is 999 g/mol. The molecule has 8 rings (SSSR count). The van der Waals surface area contributed by atoms with Crippen LogP contribution in [0.5, 0.6) is 0 Å². The lowest BCUT2D eigenvalue weighted by atomic mass is 10.0. The van der Waals surface area contributed by atoms with Crippen molar-refractivity contribution in [2.24, 2.45) is 0 Å². The lowest BCUT2D eigenvalue weighted by Gasteiger charge is -2.25. The molecule has 0 N–H and O–H groups in total. The van der Waals surface area contributed by atoms with Crippen molar-refractivity contribution in [2.75, 3.05) is 4.90 Å². The van der Waals surface area contributed by atoms with E-state index in [1.165, 1.54) is 226 Å². The minimum absolute atomic E-state index is 1.17. The van der Waals surface area contributed by atoms with E-state index in [9.17, 15) is 0 Å². The summed E-state index contributed by atoms with van der Waals surface area (Å²) in [5.41, 5.74) is 7.99. The van der Waals surface area contributed by atoms with E-state index >= 15 is 0 Å². The van der Waals surface area contributed by atoms with Crippen LogP contribution in [0, 0.1) is 0 Å². The molecule has 7 heteroatoms. The first kappa shape index (κ1) is 52.5. The molecule has 0 saturated carbocycles. The summed E-state index contributed by atoms with van der Waals surface area (Å²) < 4.78 is 10.7. The number of hydrogen-bond acceptors (Lipinski definition) is 6. The van der Waals surface area contributed by atoms with E-state index < -0.39 is 0 Å². The highest BCUT2D eigenvalue weighted by Crippen LogP contribution is 2.56. The summed E-state index contributed by atoms with van der Waals surface area (Å²) in [4.78, 5) is 6.65. The molecule has 0 unspecified atom stereocenters. The van der Waals surface area contributed by atoms with Gasteiger partial charge in [0.25, 0.3) is 0 Å². The Morgan fingerprint density at radius 3 is 1.19 bits per heavy atom. The van der Waals surface area contributed by atoms with Crippen molar-refractivity contribution in [2.45, 2.75) is 194 Å². The van der Waals surface area contributed by atoms with Gasteiger partial charge >= 0.3 is 0 Å². The Bertz CT molecular complexity index is 2640. The summed E-state index contributed by atoms with van der Waals surface area (Å²) >= 11 is 14.4. The van der Waals surface area contributed by atoms with Crippen LogP contribution in [-0.4, -0.2) is 0 Å². The Kier molecular flexibility index (Phi) is 21.7. The van der Waals surface area contributed by atoms with Gasteiger partial charge in [-0.2, -0.15) is 0 Å². The number of fused-ring (bicyclic) bond motifs is 5. The van der Waals surface area contributed by atoms with Crippen molar-refractivity contribution in [3.8, 4) is 20.2 Å². The Morgan fingerprint density at radius 1 is 0.333 bits per heavy atom. The molecule has 0 bridgehead atoms. The number of anilines is 3. The maximum Gasteiger partial charge on any atom is 0.0751 e. The van der Waals surface area contributed by atoms with Gasteiger partial charge in [0.1, 0.15) is 0 Å². The molecule has 368 valence electrons. The molecule has 0 radical (unpaired) electrons. The van der Waals surface area contributed by atoms with E-state index in [-0.39, 0.29) is 0 Å². The number of benzene rings is 3. The Morgan fingerprint density at radius 2 is 0.710 bits per heavy atom. The van der Waals surface area contributed by atoms with Crippen LogP contribution in [0.4, 0.5) is 17.1 Å². The van der Waals surface area contributed by atoms with Crippen LogP contribution in [-0.2, 0) is 12.8 Å². The van der Waals surface area contributed by atoms with Gasteiger partial charge in [0, 0.05) is 31.7 Å². The molecule has 0 amide bonds. The molecule has 0 fully saturated rings. The summed E-state index contributed by atoms with van der Waals surface area (Å²) in [6.07, 6.45) is 38.8. The van der Waals surface area contributed by atoms with Crippen molar-refractivity contribution in [1.29, 1.82) is 0 Å². The molecule has 69 heavy (non-hydrogen) atoms. The molecule has 0 atom stereocenters. The minimum Gasteiger partial charge on any atom is -0.311 e. The third kappa shape index (κ3) is 14.5. The summed E-state index contributed by atoms with van der Waals surface area (Å²) in [5.74, 6) is 0. The molecule has 5 aromatic heterocycles. The second-order valence-corrected chi connectivity index (χ2v) is 26.1. The molecule has 1 nitrogen and oxygen atoms in total. The van der Waals surface area contributed by atoms with Crippen LogP contribution >= 0.6 is 72.6 Å². The number of thiophene rings is 5. The van der Waals surface area contributed by atoms with E-state index in [2.05, 4.69) is 166 Å². The van der Waals surface area contributed by atoms with E-state index in [0.717, 1.165) is 0 Å². The predicted molar refractivity (Wildman–Crippen MR) is 320 cm³/mol. The zero-order chi connectivity index (χ0) is 47.5. The summed E-state index contributed by atoms with van der Waals surface area (Å²) in [5, 5.41) is 0. The molecule has 0 aliphatic carbocycles. The molecule has 0 aliphatic heterocycles. The predicted octanol–water partition coefficient (Wildman–Crippen LogP) is 24.3. The van der Waals surface area contributed by atoms with Crippen molar-refractivity contribution >= 4 is 118 Å². The molecule has 0 aliphatic rings. The second-order valence-electron chi connectivity index (χ2n) is 19.6. The molecule has 0 saturated heterocycles. The number of halogens is 1. The molecular formula is C62H78BrNS5. The average molecular weight is 1080 g/mol. The maximum absolute atomic E-state index is 4.07. The normalized spacial score (nSPS) is 11.9. The van der Waals surface area contributed by atoms with Crippen molar-refractivity contribution in [1.82, 2.24) is 0 Å². The lowest BCUT2D eigenvalue weighted by Crippen LogP contribution is -2.09. The van der Waals surface area contributed by atoms with E-state index in [4.69, 9.17) is 0 Å². The first-order valence-electron chi connectivity index (χ1n) is 27.3. The number of para-hydroxylation sites is 2. The first-order chi connectivity index (χ1) is 34.1. The molecule has 5 heterocycles. The van der Waals surface area contributed by atoms with Crippen LogP contribution < -0.4 is 4.90 Å². The number of unbranched alkanes of at least 4 members (excludes halogenated alkanes) is 24. The molecule has 8 aromatic rings. The highest BCUT2D eigenvalue weighted by Gasteiger charge is 2.25. The third-order valence-electron chi connectivity index (χ3n) is 14.2. The van der Waals surface area contributed by atoms with E-state index in [0.29, 0.717) is 0 Å². The quantitative estimate of drug-likeness (QED) is 0.0371. The van der Waals surface area contributed by atoms with Crippen LogP contribution in [0.1, 0.15) is 192 Å². The Balaban J connectivity index is 0.947. The zero-order valence-corrected chi connectivity index (χ0v) is 47.6. The van der Waals surface area contributed by atoms with E-state index in [1.54, 1.807) is 34.6 Å². The van der Waals surface area contributed by atoms with E-state index in [1.807, 2.05) is 22.7 Å². The van der Waals surface area contributed by atoms with Gasteiger partial charge in [-0.05, 0) is 107 Å². The van der Waals surface area contributed by atoms with Crippen LogP contribution in [0.2, 0.25) is 0 Å². The Labute approximate surface area is 444 Å². The highest BCUT2D eigenvalue weighted by atomic mass is 79.9. The average Bonchev–Trinajstić information content (AvgIpc) is 4.21. The van der Waals surface area contributed by atoms with Crippen LogP contribution in [0.25, 0.3) is 48.4 Å². The van der Waals surface area contributed by atoms with Gasteiger partial charge in [0.15, 0.2) is 0 Å². The smallest absolute Gasteiger partial charge is 0.0751 e. The first-order valence-corrected chi connectivity index (χ1v) is 32.2. The highest BCUT2D eigenvalue weighted by molar-refractivity contribution is 9.11. The number of rotatable bonds is 33. The van der Waals surface area contributed by atoms with Gasteiger partial charge in [-0.1, -0.05) is 216 Å². The monoisotopic (exact) mass is 1080 g/mol. The lowest BCUT2D eigenvalue weighted by molar-refractivity contribution is 0.539. The number of hydrogen-bond donors (Lipinski definition) is 0. The Hall–Kier alpha value is -2.78. The molecule has 3 aromatic carbocycles. The fourth-order valence-corrected chi connectivity index (χ4v) is 18.4. The van der Waals surface area contributed by atoms with Gasteiger partial charge in [0.2, 0.25) is 0 Å². The van der Waals surface area contributed by atoms with Crippen molar-refractivity contribution in [3.05, 3.63) is 112 Å². The van der Waals surface area contributed by atoms with Crippen molar-refractivity contribution < 1.29 is 0 Å². The van der Waals surface area contributed by atoms with Crippen LogP contribution in [0.15, 0.2) is 101 Å². The van der Waals surface area contributed by atoms with Gasteiger partial charge in [-0.15, -0.1) is 56.7 Å². The summed E-state index contributed by atoms with van der Waals surface area (Å²) in [6.45, 7) is 4.62. The summed E-state index contributed by atoms with van der Waals surface area (Å²) in [7, 11) is 0. The SMILES string of the molecule is CCCCCCCCCCCCCCCc1c(Br)sc2c1sc1c3sc(-c4ccc(-c5ccc(N(c6ccccc6)c6ccccc6)cc5)s4)c(CCCCCCCCCCCCCCC)c3sc21. The fourth-order valence-electron chi connectivity index (χ4n) is 10.3. The third-order valence-corrected chi connectivity index (χ3v) is 22.0. The van der Waals surface area contributed by atoms with Gasteiger partial charge in [-0.25, -0.2) is 0 Å². The maximum atomic E-state index is 4.07. The standard InChI is InChI=1S/C62H78BrNS5/c1-3-5-7-9-11-13-15-17-19-21-23-25-33-39-51-55(54-46-45-53(65-54)47-41-43-50(44-42-47)64(48-35-29-27-30-36-48)49-37-31-28-32-38-49)66-58-56(51)67-61-59-57(68-60(58)61)52(62(63)69-59)40-34-26-24-22-20-18-16-14-12-10-8-6-4-2/h27-32,35-38,41-46H,3-26,33-34,39-40H2,1-2H3. The van der Waals surface area contributed by atoms with Gasteiger partial charge < -0.3 is 4.90 Å². The molecule has 0 spiro atoms. The van der Waals surface area contributed by atoms with Gasteiger partial charge in [-0.3, -0.25) is 0 Å². The topological polar surface area (TPSA) is 3.24 Å². The largest absolute Gasteiger partial charge is 0.311 e. The summed E-state index contributed by atoms with van der Waals surface area (Å²) in [6, 6.07) is 35.5. The number of nitrogens with zero attached hydrogens (tertiary/aromatic N) is 1. The second kappa shape index (κ2) is 28.5. The minimum atomic E-state index is 1.17. The number of aryl methyl sites for hydroxylation is 2. The van der Waals surface area contributed by atoms with Gasteiger partial charge in [0.05, 0.1) is 32.0 Å². The fraction of sp³-hybridized carbons (Fsp3) is 0.484. The van der Waals surface area contributed by atoms with Crippen LogP contribution in [0.3, 0.4) is 0 Å².